The molecule has 0 saturated carbocycles. The third-order valence-electron chi connectivity index (χ3n) is 1.92. The van der Waals surface area contributed by atoms with E-state index >= 15 is 0 Å². The molecule has 1 aromatic heterocycles. The summed E-state index contributed by atoms with van der Waals surface area (Å²) in [4.78, 5) is 0. The average Bonchev–Trinajstić information content (AvgIpc) is 2.28. The van der Waals surface area contributed by atoms with E-state index in [9.17, 15) is 13.9 Å². The fourth-order valence-electron chi connectivity index (χ4n) is 1.19. The lowest BCUT2D eigenvalue weighted by molar-refractivity contribution is -0.0988. The first kappa shape index (κ1) is 10.1. The Morgan fingerprint density at radius 3 is 2.46 bits per heavy atom. The van der Waals surface area contributed by atoms with Gasteiger partial charge in [-0.1, -0.05) is 0 Å². The summed E-state index contributed by atoms with van der Waals surface area (Å²) >= 11 is 0. The van der Waals surface area contributed by atoms with Crippen molar-refractivity contribution in [2.75, 3.05) is 0 Å². The van der Waals surface area contributed by atoms with Crippen LogP contribution in [0.5, 0.6) is 0 Å². The number of aliphatic hydroxyl groups excluding tert-OH is 1. The molecule has 0 amide bonds. The molecule has 0 aromatic carbocycles. The van der Waals surface area contributed by atoms with Crippen molar-refractivity contribution in [2.45, 2.75) is 25.9 Å². The Balaban J connectivity index is 3.08. The lowest BCUT2D eigenvalue weighted by Crippen LogP contribution is -2.24. The molecule has 0 fully saturated rings. The SMILES string of the molecule is Cc1cnn(C)c1C(O)C(C)(F)F. The van der Waals surface area contributed by atoms with Crippen molar-refractivity contribution in [1.82, 2.24) is 9.78 Å². The van der Waals surface area contributed by atoms with Gasteiger partial charge in [-0.25, -0.2) is 8.78 Å². The molecule has 5 heteroatoms. The van der Waals surface area contributed by atoms with E-state index < -0.39 is 12.0 Å². The fourth-order valence-corrected chi connectivity index (χ4v) is 1.19. The smallest absolute Gasteiger partial charge is 0.276 e. The van der Waals surface area contributed by atoms with Crippen LogP contribution in [-0.2, 0) is 7.05 Å². The summed E-state index contributed by atoms with van der Waals surface area (Å²) < 4.78 is 26.8. The highest BCUT2D eigenvalue weighted by Crippen LogP contribution is 2.31. The minimum atomic E-state index is -3.14. The molecule has 0 aliphatic heterocycles. The first-order valence-corrected chi connectivity index (χ1v) is 3.88. The second-order valence-corrected chi connectivity index (χ2v) is 3.20. The van der Waals surface area contributed by atoms with Crippen molar-refractivity contribution in [1.29, 1.82) is 0 Å². The van der Waals surface area contributed by atoms with E-state index in [0.29, 0.717) is 12.5 Å². The van der Waals surface area contributed by atoms with Crippen molar-refractivity contribution < 1.29 is 13.9 Å². The minimum absolute atomic E-state index is 0.160. The molecule has 0 spiro atoms. The van der Waals surface area contributed by atoms with E-state index in [4.69, 9.17) is 0 Å². The largest absolute Gasteiger partial charge is 0.380 e. The number of hydrogen-bond donors (Lipinski definition) is 1. The summed E-state index contributed by atoms with van der Waals surface area (Å²) in [5, 5.41) is 13.1. The Hall–Kier alpha value is -0.970. The predicted octanol–water partition coefficient (Wildman–Crippen LogP) is 1.42. The van der Waals surface area contributed by atoms with Crippen molar-refractivity contribution in [3.8, 4) is 0 Å². The molecule has 1 aromatic rings. The maximum Gasteiger partial charge on any atom is 0.276 e. The monoisotopic (exact) mass is 190 g/mol. The molecule has 1 rings (SSSR count). The first-order chi connectivity index (χ1) is 5.84. The molecule has 0 aliphatic carbocycles. The van der Waals surface area contributed by atoms with E-state index in [0.717, 1.165) is 0 Å². The zero-order valence-corrected chi connectivity index (χ0v) is 7.75. The summed E-state index contributed by atoms with van der Waals surface area (Å²) in [6.45, 7) is 2.32. The third-order valence-corrected chi connectivity index (χ3v) is 1.92. The Morgan fingerprint density at radius 2 is 2.15 bits per heavy atom. The van der Waals surface area contributed by atoms with Gasteiger partial charge in [-0.15, -0.1) is 0 Å². The molecule has 0 radical (unpaired) electrons. The van der Waals surface area contributed by atoms with Gasteiger partial charge in [-0.3, -0.25) is 4.68 Å². The van der Waals surface area contributed by atoms with E-state index in [-0.39, 0.29) is 5.69 Å². The van der Waals surface area contributed by atoms with Gasteiger partial charge in [-0.05, 0) is 12.5 Å². The molecule has 1 heterocycles. The van der Waals surface area contributed by atoms with Gasteiger partial charge in [0.05, 0.1) is 11.9 Å². The topological polar surface area (TPSA) is 38.0 Å². The quantitative estimate of drug-likeness (QED) is 0.765. The van der Waals surface area contributed by atoms with Gasteiger partial charge < -0.3 is 5.11 Å². The standard InChI is InChI=1S/C8H12F2N2O/c1-5-4-11-12(3)6(5)7(13)8(2,9)10/h4,7,13H,1-3H3. The molecule has 1 unspecified atom stereocenters. The number of rotatable bonds is 2. The van der Waals surface area contributed by atoms with Gasteiger partial charge in [0.15, 0.2) is 6.10 Å². The number of hydrogen-bond acceptors (Lipinski definition) is 2. The third kappa shape index (κ3) is 1.85. The molecule has 0 saturated heterocycles. The first-order valence-electron chi connectivity index (χ1n) is 3.88. The molecule has 0 bridgehead atoms. The van der Waals surface area contributed by atoms with Crippen molar-refractivity contribution >= 4 is 0 Å². The van der Waals surface area contributed by atoms with Crippen molar-refractivity contribution in [3.63, 3.8) is 0 Å². The van der Waals surface area contributed by atoms with E-state index in [1.54, 1.807) is 6.92 Å². The number of aliphatic hydroxyl groups is 1. The highest BCUT2D eigenvalue weighted by molar-refractivity contribution is 5.19. The molecule has 0 aliphatic rings. The molecular weight excluding hydrogens is 178 g/mol. The van der Waals surface area contributed by atoms with Crippen LogP contribution < -0.4 is 0 Å². The fraction of sp³-hybridized carbons (Fsp3) is 0.625. The summed E-state index contributed by atoms with van der Waals surface area (Å²) in [6.07, 6.45) is -0.343. The molecule has 1 atom stereocenters. The van der Waals surface area contributed by atoms with Crippen LogP contribution in [0.2, 0.25) is 0 Å². The number of halogens is 2. The Morgan fingerprint density at radius 1 is 1.62 bits per heavy atom. The van der Waals surface area contributed by atoms with Crippen LogP contribution in [0.25, 0.3) is 0 Å². The second-order valence-electron chi connectivity index (χ2n) is 3.20. The zero-order valence-electron chi connectivity index (χ0n) is 7.75. The van der Waals surface area contributed by atoms with Crippen LogP contribution in [-0.4, -0.2) is 20.8 Å². The highest BCUT2D eigenvalue weighted by Gasteiger charge is 2.36. The zero-order chi connectivity index (χ0) is 10.2. The van der Waals surface area contributed by atoms with E-state index in [1.807, 2.05) is 0 Å². The Labute approximate surface area is 75.0 Å². The van der Waals surface area contributed by atoms with Crippen LogP contribution in [0, 0.1) is 6.92 Å². The van der Waals surface area contributed by atoms with Gasteiger partial charge in [0, 0.05) is 14.0 Å². The number of aryl methyl sites for hydroxylation is 2. The van der Waals surface area contributed by atoms with Crippen LogP contribution in [0.3, 0.4) is 0 Å². The van der Waals surface area contributed by atoms with Gasteiger partial charge in [0.2, 0.25) is 0 Å². The van der Waals surface area contributed by atoms with Gasteiger partial charge in [0.1, 0.15) is 0 Å². The van der Waals surface area contributed by atoms with Crippen LogP contribution in [0.1, 0.15) is 24.3 Å². The van der Waals surface area contributed by atoms with Gasteiger partial charge >= 0.3 is 0 Å². The van der Waals surface area contributed by atoms with Crippen LogP contribution >= 0.6 is 0 Å². The highest BCUT2D eigenvalue weighted by atomic mass is 19.3. The maximum absolute atomic E-state index is 12.7. The lowest BCUT2D eigenvalue weighted by Gasteiger charge is -2.19. The van der Waals surface area contributed by atoms with Crippen LogP contribution in [0.15, 0.2) is 6.20 Å². The normalized spacial score (nSPS) is 14.6. The van der Waals surface area contributed by atoms with Gasteiger partial charge in [-0.2, -0.15) is 5.10 Å². The van der Waals surface area contributed by atoms with Gasteiger partial charge in [0.25, 0.3) is 5.92 Å². The van der Waals surface area contributed by atoms with Crippen molar-refractivity contribution in [3.05, 3.63) is 17.5 Å². The molecule has 3 nitrogen and oxygen atoms in total. The van der Waals surface area contributed by atoms with E-state index in [1.165, 1.54) is 17.9 Å². The maximum atomic E-state index is 12.7. The summed E-state index contributed by atoms with van der Waals surface area (Å²) in [7, 11) is 1.53. The molecular formula is C8H12F2N2O. The minimum Gasteiger partial charge on any atom is -0.380 e. The number of nitrogens with zero attached hydrogens (tertiary/aromatic N) is 2. The van der Waals surface area contributed by atoms with Crippen molar-refractivity contribution in [2.24, 2.45) is 7.05 Å². The molecule has 1 N–H and O–H groups in total. The Kier molecular flexibility index (Phi) is 2.38. The lowest BCUT2D eigenvalue weighted by atomic mass is 10.1. The number of aromatic nitrogens is 2. The average molecular weight is 190 g/mol. The predicted molar refractivity (Wildman–Crippen MR) is 43.5 cm³/mol. The summed E-state index contributed by atoms with van der Waals surface area (Å²) in [5.41, 5.74) is 0.726. The van der Waals surface area contributed by atoms with E-state index in [2.05, 4.69) is 5.10 Å². The summed E-state index contributed by atoms with van der Waals surface area (Å²) in [5.74, 6) is -3.14. The summed E-state index contributed by atoms with van der Waals surface area (Å²) in [6, 6.07) is 0. The Bertz CT molecular complexity index is 284. The van der Waals surface area contributed by atoms with Crippen LogP contribution in [0.4, 0.5) is 8.78 Å². The number of alkyl halides is 2. The second kappa shape index (κ2) is 3.06. The molecule has 13 heavy (non-hydrogen) atoms. The molecule has 74 valence electrons.